The van der Waals surface area contributed by atoms with Crippen molar-refractivity contribution in [3.8, 4) is 0 Å². The molecule has 2 N–H and O–H groups in total. The molecule has 0 aliphatic carbocycles. The summed E-state index contributed by atoms with van der Waals surface area (Å²) in [5.74, 6) is 0. The number of nitrogens with zero attached hydrogens (tertiary/aromatic N) is 3. The molecule has 2 unspecified atom stereocenters. The number of fused-ring (bicyclic) bond motifs is 2. The van der Waals surface area contributed by atoms with Crippen LogP contribution in [-0.2, 0) is 0 Å². The molecule has 2 atom stereocenters. The molecule has 2 aliphatic rings. The summed E-state index contributed by atoms with van der Waals surface area (Å²) in [6.45, 7) is 3.85. The maximum Gasteiger partial charge on any atom is 0.287 e. The normalized spacial score (nSPS) is 29.2. The monoisotopic (exact) mass is 296 g/mol. The van der Waals surface area contributed by atoms with E-state index in [1.54, 1.807) is 6.20 Å². The second kappa shape index (κ2) is 5.04. The first kappa shape index (κ1) is 13.9. The zero-order chi connectivity index (χ0) is 14.4. The zero-order valence-corrected chi connectivity index (χ0v) is 12.7. The van der Waals surface area contributed by atoms with Crippen molar-refractivity contribution in [3.05, 3.63) is 21.6 Å². The van der Waals surface area contributed by atoms with E-state index in [0.29, 0.717) is 17.1 Å². The lowest BCUT2D eigenvalue weighted by Crippen LogP contribution is -2.48. The van der Waals surface area contributed by atoms with Crippen molar-refractivity contribution in [1.29, 1.82) is 0 Å². The van der Waals surface area contributed by atoms with Crippen LogP contribution < -0.4 is 16.2 Å². The van der Waals surface area contributed by atoms with Gasteiger partial charge in [0.25, 0.3) is 5.56 Å². The number of hydrogen-bond acceptors (Lipinski definition) is 4. The number of aromatic nitrogens is 2. The van der Waals surface area contributed by atoms with Gasteiger partial charge in [-0.3, -0.25) is 4.79 Å². The van der Waals surface area contributed by atoms with Crippen LogP contribution in [0.5, 0.6) is 0 Å². The standard InChI is InChI=1S/C14H21ClN4O/c1-8(2)19-14(20)13(15)12(7-17-19)18-10-3-4-11(18)6-9(16)5-10/h7-11H,3-6,16H2,1-2H3. The van der Waals surface area contributed by atoms with Crippen molar-refractivity contribution in [2.75, 3.05) is 4.90 Å². The summed E-state index contributed by atoms with van der Waals surface area (Å²) in [5, 5.41) is 4.57. The number of rotatable bonds is 2. The average Bonchev–Trinajstić information content (AvgIpc) is 2.65. The molecule has 2 bridgehead atoms. The van der Waals surface area contributed by atoms with E-state index in [2.05, 4.69) is 10.00 Å². The number of halogens is 1. The predicted octanol–water partition coefficient (Wildman–Crippen LogP) is 1.94. The van der Waals surface area contributed by atoms with Gasteiger partial charge in [-0.15, -0.1) is 0 Å². The number of anilines is 1. The van der Waals surface area contributed by atoms with Gasteiger partial charge >= 0.3 is 0 Å². The highest BCUT2D eigenvalue weighted by molar-refractivity contribution is 6.33. The summed E-state index contributed by atoms with van der Waals surface area (Å²) in [5.41, 5.74) is 6.67. The van der Waals surface area contributed by atoms with E-state index >= 15 is 0 Å². The van der Waals surface area contributed by atoms with E-state index in [1.165, 1.54) is 4.68 Å². The fraction of sp³-hybridized carbons (Fsp3) is 0.714. The summed E-state index contributed by atoms with van der Waals surface area (Å²) in [7, 11) is 0. The maximum atomic E-state index is 12.3. The number of piperidine rings is 1. The van der Waals surface area contributed by atoms with Crippen LogP contribution in [0.15, 0.2) is 11.0 Å². The van der Waals surface area contributed by atoms with Crippen molar-refractivity contribution in [2.24, 2.45) is 5.73 Å². The third-order valence-corrected chi connectivity index (χ3v) is 4.82. The Balaban J connectivity index is 2.00. The van der Waals surface area contributed by atoms with Crippen molar-refractivity contribution < 1.29 is 0 Å². The van der Waals surface area contributed by atoms with E-state index in [9.17, 15) is 4.79 Å². The Kier molecular flexibility index (Phi) is 3.50. The quantitative estimate of drug-likeness (QED) is 0.906. The second-order valence-corrected chi connectivity index (χ2v) is 6.59. The first-order valence-corrected chi connectivity index (χ1v) is 7.68. The summed E-state index contributed by atoms with van der Waals surface area (Å²) in [6.07, 6.45) is 5.94. The van der Waals surface area contributed by atoms with Gasteiger partial charge in [-0.2, -0.15) is 5.10 Å². The van der Waals surface area contributed by atoms with Crippen LogP contribution in [0.25, 0.3) is 0 Å². The van der Waals surface area contributed by atoms with E-state index in [4.69, 9.17) is 17.3 Å². The van der Waals surface area contributed by atoms with Gasteiger partial charge in [-0.25, -0.2) is 4.68 Å². The Morgan fingerprint density at radius 3 is 2.50 bits per heavy atom. The van der Waals surface area contributed by atoms with Gasteiger partial charge in [0.15, 0.2) is 0 Å². The Labute approximate surface area is 123 Å². The molecule has 5 nitrogen and oxygen atoms in total. The summed E-state index contributed by atoms with van der Waals surface area (Å²) < 4.78 is 1.43. The summed E-state index contributed by atoms with van der Waals surface area (Å²) in [4.78, 5) is 14.6. The molecule has 1 aromatic rings. The Hall–Kier alpha value is -1.07. The summed E-state index contributed by atoms with van der Waals surface area (Å²) in [6, 6.07) is 1.08. The van der Waals surface area contributed by atoms with Crippen LogP contribution >= 0.6 is 11.6 Å². The van der Waals surface area contributed by atoms with E-state index < -0.39 is 0 Å². The van der Waals surface area contributed by atoms with E-state index in [1.807, 2.05) is 13.8 Å². The van der Waals surface area contributed by atoms with Gasteiger partial charge < -0.3 is 10.6 Å². The summed E-state index contributed by atoms with van der Waals surface area (Å²) >= 11 is 6.32. The van der Waals surface area contributed by atoms with Gasteiger partial charge in [0.2, 0.25) is 0 Å². The highest BCUT2D eigenvalue weighted by Crippen LogP contribution is 2.40. The Bertz CT molecular complexity index is 557. The van der Waals surface area contributed by atoms with Crippen molar-refractivity contribution in [3.63, 3.8) is 0 Å². The minimum absolute atomic E-state index is 0.0144. The lowest BCUT2D eigenvalue weighted by Gasteiger charge is -2.39. The molecule has 20 heavy (non-hydrogen) atoms. The van der Waals surface area contributed by atoms with Crippen LogP contribution in [0.2, 0.25) is 5.02 Å². The van der Waals surface area contributed by atoms with Crippen molar-refractivity contribution >= 4 is 17.3 Å². The zero-order valence-electron chi connectivity index (χ0n) is 11.9. The second-order valence-electron chi connectivity index (χ2n) is 6.21. The lowest BCUT2D eigenvalue weighted by molar-refractivity contribution is 0.412. The van der Waals surface area contributed by atoms with Crippen molar-refractivity contribution in [2.45, 2.75) is 63.7 Å². The number of hydrogen-bond donors (Lipinski definition) is 1. The molecular weight excluding hydrogens is 276 g/mol. The Morgan fingerprint density at radius 2 is 1.95 bits per heavy atom. The van der Waals surface area contributed by atoms with Crippen LogP contribution in [0.1, 0.15) is 45.6 Å². The third kappa shape index (κ3) is 2.13. The minimum Gasteiger partial charge on any atom is -0.363 e. The average molecular weight is 297 g/mol. The minimum atomic E-state index is -0.201. The fourth-order valence-corrected chi connectivity index (χ4v) is 3.83. The first-order chi connectivity index (χ1) is 9.49. The third-order valence-electron chi connectivity index (χ3n) is 4.46. The molecule has 2 saturated heterocycles. The molecule has 0 spiro atoms. The predicted molar refractivity (Wildman–Crippen MR) is 80.4 cm³/mol. The molecule has 0 saturated carbocycles. The van der Waals surface area contributed by atoms with Crippen LogP contribution in [-0.4, -0.2) is 27.9 Å². The smallest absolute Gasteiger partial charge is 0.287 e. The largest absolute Gasteiger partial charge is 0.363 e. The van der Waals surface area contributed by atoms with Crippen LogP contribution in [0.3, 0.4) is 0 Å². The molecule has 0 aromatic carbocycles. The molecule has 0 radical (unpaired) electrons. The molecule has 3 rings (SSSR count). The Morgan fingerprint density at radius 1 is 1.35 bits per heavy atom. The van der Waals surface area contributed by atoms with Gasteiger partial charge in [0.1, 0.15) is 5.02 Å². The SMILES string of the molecule is CC(C)n1ncc(N2C3CCC2CC(N)C3)c(Cl)c1=O. The molecular formula is C14H21ClN4O. The van der Waals surface area contributed by atoms with Gasteiger partial charge in [0.05, 0.1) is 17.9 Å². The van der Waals surface area contributed by atoms with E-state index in [0.717, 1.165) is 31.4 Å². The molecule has 110 valence electrons. The van der Waals surface area contributed by atoms with Gasteiger partial charge in [-0.1, -0.05) is 11.6 Å². The molecule has 0 amide bonds. The molecule has 3 heterocycles. The maximum absolute atomic E-state index is 12.3. The van der Waals surface area contributed by atoms with Crippen molar-refractivity contribution in [1.82, 2.24) is 9.78 Å². The molecule has 2 aliphatic heterocycles. The molecule has 6 heteroatoms. The number of nitrogens with two attached hydrogens (primary N) is 1. The lowest BCUT2D eigenvalue weighted by atomic mass is 9.98. The first-order valence-electron chi connectivity index (χ1n) is 7.30. The highest BCUT2D eigenvalue weighted by atomic mass is 35.5. The van der Waals surface area contributed by atoms with Crippen LogP contribution in [0.4, 0.5) is 5.69 Å². The fourth-order valence-electron chi connectivity index (χ4n) is 3.60. The van der Waals surface area contributed by atoms with E-state index in [-0.39, 0.29) is 17.6 Å². The molecule has 2 fully saturated rings. The van der Waals surface area contributed by atoms with Gasteiger partial charge in [0, 0.05) is 18.1 Å². The highest BCUT2D eigenvalue weighted by Gasteiger charge is 2.40. The topological polar surface area (TPSA) is 64.2 Å². The van der Waals surface area contributed by atoms with Crippen LogP contribution in [0, 0.1) is 0 Å². The molecule has 1 aromatic heterocycles. The van der Waals surface area contributed by atoms with Gasteiger partial charge in [-0.05, 0) is 39.5 Å².